The monoisotopic (exact) mass is 242 g/mol. The van der Waals surface area contributed by atoms with E-state index >= 15 is 0 Å². The standard InChI is InChI=1S/C12H22N2OS/c1-6-12(4,15-7-2)11-14-8-10(16-11)9(3)13-5/h8-9,13H,6-7H2,1-5H3. The van der Waals surface area contributed by atoms with Crippen molar-refractivity contribution in [3.8, 4) is 0 Å². The molecule has 2 atom stereocenters. The maximum atomic E-state index is 5.82. The average molecular weight is 242 g/mol. The molecular formula is C12H22N2OS. The van der Waals surface area contributed by atoms with E-state index in [1.165, 1.54) is 4.88 Å². The summed E-state index contributed by atoms with van der Waals surface area (Å²) in [5, 5.41) is 4.30. The number of nitrogens with one attached hydrogen (secondary N) is 1. The van der Waals surface area contributed by atoms with Crippen LogP contribution in [0.15, 0.2) is 6.20 Å². The first-order chi connectivity index (χ1) is 7.57. The van der Waals surface area contributed by atoms with Crippen molar-refractivity contribution < 1.29 is 4.74 Å². The summed E-state index contributed by atoms with van der Waals surface area (Å²) in [7, 11) is 1.96. The first kappa shape index (κ1) is 13.6. The van der Waals surface area contributed by atoms with E-state index in [2.05, 4.69) is 31.1 Å². The highest BCUT2D eigenvalue weighted by Gasteiger charge is 2.28. The van der Waals surface area contributed by atoms with E-state index in [1.54, 1.807) is 11.3 Å². The molecule has 1 aromatic heterocycles. The number of aromatic nitrogens is 1. The van der Waals surface area contributed by atoms with Gasteiger partial charge in [0, 0.05) is 23.7 Å². The predicted octanol–water partition coefficient (Wildman–Crippen LogP) is 3.09. The van der Waals surface area contributed by atoms with E-state index in [0.29, 0.717) is 6.04 Å². The van der Waals surface area contributed by atoms with E-state index in [9.17, 15) is 0 Å². The van der Waals surface area contributed by atoms with Crippen molar-refractivity contribution in [3.63, 3.8) is 0 Å². The van der Waals surface area contributed by atoms with Gasteiger partial charge in [-0.2, -0.15) is 0 Å². The van der Waals surface area contributed by atoms with E-state index in [1.807, 2.05) is 20.2 Å². The Hall–Kier alpha value is -0.450. The lowest BCUT2D eigenvalue weighted by molar-refractivity contribution is -0.0324. The second-order valence-corrected chi connectivity index (χ2v) is 5.16. The van der Waals surface area contributed by atoms with E-state index < -0.39 is 0 Å². The molecule has 0 saturated carbocycles. The minimum Gasteiger partial charge on any atom is -0.368 e. The summed E-state index contributed by atoms with van der Waals surface area (Å²) >= 11 is 1.74. The molecule has 0 bridgehead atoms. The molecule has 4 heteroatoms. The summed E-state index contributed by atoms with van der Waals surface area (Å²) in [6.07, 6.45) is 2.90. The van der Waals surface area contributed by atoms with Crippen LogP contribution in [0, 0.1) is 0 Å². The molecule has 0 aliphatic rings. The Morgan fingerprint density at radius 1 is 1.56 bits per heavy atom. The van der Waals surface area contributed by atoms with E-state index in [-0.39, 0.29) is 5.60 Å². The minimum atomic E-state index is -0.231. The lowest BCUT2D eigenvalue weighted by atomic mass is 10.1. The molecule has 0 spiro atoms. The maximum absolute atomic E-state index is 5.82. The van der Waals surface area contributed by atoms with Crippen molar-refractivity contribution in [1.82, 2.24) is 10.3 Å². The Morgan fingerprint density at radius 3 is 2.75 bits per heavy atom. The highest BCUT2D eigenvalue weighted by molar-refractivity contribution is 7.11. The maximum Gasteiger partial charge on any atom is 0.125 e. The molecule has 1 heterocycles. The topological polar surface area (TPSA) is 34.1 Å². The van der Waals surface area contributed by atoms with Gasteiger partial charge in [-0.3, -0.25) is 0 Å². The van der Waals surface area contributed by atoms with Crippen LogP contribution in [0.4, 0.5) is 0 Å². The summed E-state index contributed by atoms with van der Waals surface area (Å²) in [5.74, 6) is 0. The predicted molar refractivity (Wildman–Crippen MR) is 68.9 cm³/mol. The molecular weight excluding hydrogens is 220 g/mol. The third-order valence-corrected chi connectivity index (χ3v) is 4.40. The quantitative estimate of drug-likeness (QED) is 0.832. The van der Waals surface area contributed by atoms with Crippen molar-refractivity contribution in [3.05, 3.63) is 16.1 Å². The van der Waals surface area contributed by atoms with Crippen molar-refractivity contribution in [2.75, 3.05) is 13.7 Å². The number of thiazole rings is 1. The number of hydrogen-bond acceptors (Lipinski definition) is 4. The van der Waals surface area contributed by atoms with Crippen molar-refractivity contribution in [2.45, 2.75) is 45.8 Å². The number of nitrogens with zero attached hydrogens (tertiary/aromatic N) is 1. The molecule has 92 valence electrons. The van der Waals surface area contributed by atoms with Gasteiger partial charge in [0.1, 0.15) is 10.6 Å². The molecule has 1 N–H and O–H groups in total. The summed E-state index contributed by atoms with van der Waals surface area (Å²) in [6.45, 7) is 9.14. The summed E-state index contributed by atoms with van der Waals surface area (Å²) in [5.41, 5.74) is -0.231. The van der Waals surface area contributed by atoms with Gasteiger partial charge in [-0.25, -0.2) is 4.98 Å². The highest BCUT2D eigenvalue weighted by Crippen LogP contribution is 2.33. The number of hydrogen-bond donors (Lipinski definition) is 1. The Balaban J connectivity index is 2.90. The van der Waals surface area contributed by atoms with Crippen molar-refractivity contribution >= 4 is 11.3 Å². The first-order valence-electron chi connectivity index (χ1n) is 5.84. The molecule has 0 radical (unpaired) electrons. The van der Waals surface area contributed by atoms with Gasteiger partial charge in [0.15, 0.2) is 0 Å². The van der Waals surface area contributed by atoms with Crippen molar-refractivity contribution in [1.29, 1.82) is 0 Å². The van der Waals surface area contributed by atoms with Crippen LogP contribution in [0.2, 0.25) is 0 Å². The molecule has 3 nitrogen and oxygen atoms in total. The average Bonchev–Trinajstić information content (AvgIpc) is 2.78. The van der Waals surface area contributed by atoms with Crippen LogP contribution in [-0.2, 0) is 10.3 Å². The van der Waals surface area contributed by atoms with E-state index in [0.717, 1.165) is 18.0 Å². The molecule has 1 rings (SSSR count). The second kappa shape index (κ2) is 5.75. The van der Waals surface area contributed by atoms with Gasteiger partial charge >= 0.3 is 0 Å². The zero-order chi connectivity index (χ0) is 12.2. The van der Waals surface area contributed by atoms with Gasteiger partial charge in [-0.1, -0.05) is 6.92 Å². The molecule has 1 aromatic rings. The van der Waals surface area contributed by atoms with Gasteiger partial charge in [0.05, 0.1) is 0 Å². The molecule has 0 aliphatic carbocycles. The zero-order valence-electron chi connectivity index (χ0n) is 10.8. The Kier molecular flexibility index (Phi) is 4.89. The van der Waals surface area contributed by atoms with Crippen LogP contribution in [0.25, 0.3) is 0 Å². The smallest absolute Gasteiger partial charge is 0.125 e. The van der Waals surface area contributed by atoms with Crippen LogP contribution >= 0.6 is 11.3 Å². The first-order valence-corrected chi connectivity index (χ1v) is 6.66. The fourth-order valence-corrected chi connectivity index (χ4v) is 2.65. The molecule has 0 amide bonds. The Labute approximate surface area is 102 Å². The zero-order valence-corrected chi connectivity index (χ0v) is 11.6. The van der Waals surface area contributed by atoms with Gasteiger partial charge in [0.25, 0.3) is 0 Å². The number of ether oxygens (including phenoxy) is 1. The molecule has 16 heavy (non-hydrogen) atoms. The van der Waals surface area contributed by atoms with Crippen LogP contribution in [0.1, 0.15) is 50.0 Å². The fraction of sp³-hybridized carbons (Fsp3) is 0.750. The fourth-order valence-electron chi connectivity index (χ4n) is 1.51. The largest absolute Gasteiger partial charge is 0.368 e. The Bertz CT molecular complexity index is 327. The third kappa shape index (κ3) is 2.81. The molecule has 0 fully saturated rings. The molecule has 0 aromatic carbocycles. The van der Waals surface area contributed by atoms with Crippen molar-refractivity contribution in [2.24, 2.45) is 0 Å². The highest BCUT2D eigenvalue weighted by atomic mass is 32.1. The Morgan fingerprint density at radius 2 is 2.25 bits per heavy atom. The van der Waals surface area contributed by atoms with Gasteiger partial charge in [0.2, 0.25) is 0 Å². The summed E-state index contributed by atoms with van der Waals surface area (Å²) < 4.78 is 5.82. The van der Waals surface area contributed by atoms with E-state index in [4.69, 9.17) is 4.74 Å². The minimum absolute atomic E-state index is 0.231. The van der Waals surface area contributed by atoms with Crippen LogP contribution in [-0.4, -0.2) is 18.6 Å². The van der Waals surface area contributed by atoms with Crippen LogP contribution in [0.5, 0.6) is 0 Å². The number of rotatable bonds is 6. The lowest BCUT2D eigenvalue weighted by Crippen LogP contribution is -2.24. The molecule has 0 saturated heterocycles. The molecule has 0 aliphatic heterocycles. The van der Waals surface area contributed by atoms with Gasteiger partial charge in [-0.15, -0.1) is 11.3 Å². The SMILES string of the molecule is CCOC(C)(CC)c1ncc(C(C)NC)s1. The molecule has 2 unspecified atom stereocenters. The van der Waals surface area contributed by atoms with Gasteiger partial charge < -0.3 is 10.1 Å². The third-order valence-electron chi connectivity index (χ3n) is 2.97. The summed E-state index contributed by atoms with van der Waals surface area (Å²) in [6, 6.07) is 0.356. The summed E-state index contributed by atoms with van der Waals surface area (Å²) in [4.78, 5) is 5.76. The van der Waals surface area contributed by atoms with Crippen LogP contribution < -0.4 is 5.32 Å². The second-order valence-electron chi connectivity index (χ2n) is 4.10. The van der Waals surface area contributed by atoms with Crippen LogP contribution in [0.3, 0.4) is 0 Å². The normalized spacial score (nSPS) is 17.1. The lowest BCUT2D eigenvalue weighted by Gasteiger charge is -2.25. The van der Waals surface area contributed by atoms with Gasteiger partial charge in [-0.05, 0) is 34.2 Å².